The van der Waals surface area contributed by atoms with E-state index in [1.54, 1.807) is 0 Å². The van der Waals surface area contributed by atoms with Crippen LogP contribution in [0.15, 0.2) is 60.7 Å². The maximum Gasteiger partial charge on any atom is 0.407 e. The average Bonchev–Trinajstić information content (AvgIpc) is 2.62. The summed E-state index contributed by atoms with van der Waals surface area (Å²) in [7, 11) is -2.69. The first-order chi connectivity index (χ1) is 12.1. The Kier molecular flexibility index (Phi) is 6.10. The molecule has 1 aliphatic carbocycles. The first-order valence-corrected chi connectivity index (χ1v) is 11.4. The van der Waals surface area contributed by atoms with Gasteiger partial charge in [0.25, 0.3) is 0 Å². The molecule has 2 aromatic rings. The Morgan fingerprint density at radius 3 is 1.72 bits per heavy atom. The molecule has 0 spiro atoms. The fourth-order valence-electron chi connectivity index (χ4n) is 4.23. The van der Waals surface area contributed by atoms with Crippen LogP contribution in [-0.2, 0) is 8.85 Å². The van der Waals surface area contributed by atoms with E-state index in [1.807, 2.05) is 0 Å². The molecular formula is C22H30O2Si. The highest BCUT2D eigenvalue weighted by Gasteiger charge is 2.45. The Labute approximate surface area is 153 Å². The minimum absolute atomic E-state index is 0.275. The van der Waals surface area contributed by atoms with E-state index < -0.39 is 8.56 Å². The predicted octanol–water partition coefficient (Wildman–Crippen LogP) is 4.12. The molecule has 1 fully saturated rings. The zero-order valence-corrected chi connectivity index (χ0v) is 16.7. The lowest BCUT2D eigenvalue weighted by Gasteiger charge is -2.39. The van der Waals surface area contributed by atoms with Crippen molar-refractivity contribution in [1.82, 2.24) is 0 Å². The summed E-state index contributed by atoms with van der Waals surface area (Å²) in [4.78, 5) is 0. The quantitative estimate of drug-likeness (QED) is 0.727. The summed E-state index contributed by atoms with van der Waals surface area (Å²) in [6.45, 7) is 7.43. The fourth-order valence-corrected chi connectivity index (χ4v) is 7.56. The molecule has 2 nitrogen and oxygen atoms in total. The van der Waals surface area contributed by atoms with Gasteiger partial charge in [-0.25, -0.2) is 0 Å². The van der Waals surface area contributed by atoms with E-state index in [0.717, 1.165) is 12.8 Å². The molecule has 134 valence electrons. The molecule has 1 saturated carbocycles. The summed E-state index contributed by atoms with van der Waals surface area (Å²) in [5.41, 5.74) is 0. The molecule has 3 rings (SSSR count). The largest absolute Gasteiger partial charge is 0.407 e. The summed E-state index contributed by atoms with van der Waals surface area (Å²) in [6.07, 6.45) is 3.84. The molecule has 25 heavy (non-hydrogen) atoms. The van der Waals surface area contributed by atoms with Crippen LogP contribution in [0, 0.1) is 11.8 Å². The number of hydrogen-bond donors (Lipinski definition) is 0. The van der Waals surface area contributed by atoms with Crippen molar-refractivity contribution >= 4 is 18.9 Å². The van der Waals surface area contributed by atoms with Crippen molar-refractivity contribution in [3.63, 3.8) is 0 Å². The highest BCUT2D eigenvalue weighted by Crippen LogP contribution is 2.32. The summed E-state index contributed by atoms with van der Waals surface area (Å²) in [5, 5.41) is 2.41. The van der Waals surface area contributed by atoms with E-state index in [4.69, 9.17) is 8.85 Å². The Hall–Kier alpha value is -1.42. The van der Waals surface area contributed by atoms with Crippen molar-refractivity contribution in [2.45, 2.75) is 46.1 Å². The molecule has 0 aromatic heterocycles. The second-order valence-corrected chi connectivity index (χ2v) is 10.4. The minimum atomic E-state index is -2.69. The van der Waals surface area contributed by atoms with Crippen molar-refractivity contribution in [2.75, 3.05) is 6.61 Å². The molecule has 1 aliphatic rings. The van der Waals surface area contributed by atoms with E-state index in [2.05, 4.69) is 81.4 Å². The van der Waals surface area contributed by atoms with Gasteiger partial charge in [0.1, 0.15) is 0 Å². The van der Waals surface area contributed by atoms with Crippen LogP contribution in [0.25, 0.3) is 0 Å². The normalized spacial score (nSPS) is 24.2. The molecule has 2 aromatic carbocycles. The van der Waals surface area contributed by atoms with Gasteiger partial charge in [0.15, 0.2) is 0 Å². The standard InChI is InChI=1S/C22H30O2Si/c1-4-23-25(21-11-7-5-8-12-21,22-13-9-6-10-14-22)24-20-16-18(2)15-19(3)17-20/h5-14,18-20H,4,15-17H2,1-3H3. The summed E-state index contributed by atoms with van der Waals surface area (Å²) in [6, 6.07) is 21.2. The maximum atomic E-state index is 6.95. The van der Waals surface area contributed by atoms with Crippen LogP contribution in [0.2, 0.25) is 0 Å². The van der Waals surface area contributed by atoms with Crippen molar-refractivity contribution in [1.29, 1.82) is 0 Å². The van der Waals surface area contributed by atoms with Crippen molar-refractivity contribution in [3.05, 3.63) is 60.7 Å². The van der Waals surface area contributed by atoms with Crippen LogP contribution in [-0.4, -0.2) is 21.3 Å². The molecule has 0 heterocycles. The number of benzene rings is 2. The second kappa shape index (κ2) is 8.30. The van der Waals surface area contributed by atoms with E-state index in [1.165, 1.54) is 16.8 Å². The lowest BCUT2D eigenvalue weighted by Crippen LogP contribution is -2.65. The second-order valence-electron chi connectivity index (χ2n) is 7.44. The van der Waals surface area contributed by atoms with Gasteiger partial charge in [-0.2, -0.15) is 0 Å². The summed E-state index contributed by atoms with van der Waals surface area (Å²) < 4.78 is 13.4. The first-order valence-electron chi connectivity index (χ1n) is 9.57. The van der Waals surface area contributed by atoms with Gasteiger partial charge in [-0.3, -0.25) is 0 Å². The van der Waals surface area contributed by atoms with E-state index in [9.17, 15) is 0 Å². The van der Waals surface area contributed by atoms with Gasteiger partial charge < -0.3 is 8.85 Å². The Morgan fingerprint density at radius 2 is 1.28 bits per heavy atom. The van der Waals surface area contributed by atoms with Crippen molar-refractivity contribution < 1.29 is 8.85 Å². The Balaban J connectivity index is 2.01. The lowest BCUT2D eigenvalue weighted by atomic mass is 9.82. The van der Waals surface area contributed by atoms with Gasteiger partial charge in [-0.15, -0.1) is 0 Å². The van der Waals surface area contributed by atoms with Gasteiger partial charge in [0.05, 0.1) is 0 Å². The third kappa shape index (κ3) is 4.22. The molecule has 2 unspecified atom stereocenters. The van der Waals surface area contributed by atoms with Gasteiger partial charge >= 0.3 is 8.56 Å². The van der Waals surface area contributed by atoms with Crippen molar-refractivity contribution in [2.24, 2.45) is 11.8 Å². The molecule has 2 atom stereocenters. The van der Waals surface area contributed by atoms with Gasteiger partial charge in [0, 0.05) is 12.7 Å². The number of rotatable bonds is 6. The van der Waals surface area contributed by atoms with Crippen LogP contribution in [0.1, 0.15) is 40.0 Å². The van der Waals surface area contributed by atoms with E-state index >= 15 is 0 Å². The van der Waals surface area contributed by atoms with Crippen LogP contribution in [0.4, 0.5) is 0 Å². The van der Waals surface area contributed by atoms with Crippen LogP contribution >= 0.6 is 0 Å². The molecule has 0 radical (unpaired) electrons. The molecule has 0 saturated heterocycles. The lowest BCUT2D eigenvalue weighted by molar-refractivity contribution is 0.0676. The zero-order valence-electron chi connectivity index (χ0n) is 15.7. The fraction of sp³-hybridized carbons (Fsp3) is 0.455. The first kappa shape index (κ1) is 18.4. The Morgan fingerprint density at radius 1 is 0.800 bits per heavy atom. The van der Waals surface area contributed by atoms with Gasteiger partial charge in [-0.05, 0) is 48.4 Å². The van der Waals surface area contributed by atoms with Gasteiger partial charge in [0.2, 0.25) is 0 Å². The highest BCUT2D eigenvalue weighted by molar-refractivity contribution is 6.92. The zero-order chi connectivity index (χ0) is 17.7. The average molecular weight is 355 g/mol. The SMILES string of the molecule is CCO[Si](OC1CC(C)CC(C)C1)(c1ccccc1)c1ccccc1. The topological polar surface area (TPSA) is 18.5 Å². The molecule has 3 heteroatoms. The summed E-state index contributed by atoms with van der Waals surface area (Å²) >= 11 is 0. The minimum Gasteiger partial charge on any atom is -0.388 e. The maximum absolute atomic E-state index is 6.95. The number of hydrogen-bond acceptors (Lipinski definition) is 2. The smallest absolute Gasteiger partial charge is 0.388 e. The highest BCUT2D eigenvalue weighted by atomic mass is 28.4. The van der Waals surface area contributed by atoms with Crippen LogP contribution in [0.3, 0.4) is 0 Å². The van der Waals surface area contributed by atoms with Crippen LogP contribution in [0.5, 0.6) is 0 Å². The molecule has 0 aliphatic heterocycles. The molecule has 0 N–H and O–H groups in total. The third-order valence-electron chi connectivity index (χ3n) is 5.12. The van der Waals surface area contributed by atoms with Crippen molar-refractivity contribution in [3.8, 4) is 0 Å². The monoisotopic (exact) mass is 354 g/mol. The Bertz CT molecular complexity index is 594. The summed E-state index contributed by atoms with van der Waals surface area (Å²) in [5.74, 6) is 1.43. The van der Waals surface area contributed by atoms with E-state index in [0.29, 0.717) is 18.4 Å². The molecule has 0 bridgehead atoms. The van der Waals surface area contributed by atoms with E-state index in [-0.39, 0.29) is 6.10 Å². The molecule has 0 amide bonds. The molecular weight excluding hydrogens is 324 g/mol. The predicted molar refractivity (Wildman–Crippen MR) is 107 cm³/mol. The van der Waals surface area contributed by atoms with Crippen LogP contribution < -0.4 is 10.4 Å². The third-order valence-corrected chi connectivity index (χ3v) is 8.67. The van der Waals surface area contributed by atoms with Gasteiger partial charge in [-0.1, -0.05) is 74.5 Å².